The number of carboxylic acid groups (broad SMARTS) is 1. The molecular weight excluding hydrogens is 318 g/mol. The van der Waals surface area contributed by atoms with Crippen molar-refractivity contribution in [2.75, 3.05) is 13.7 Å². The predicted octanol–water partition coefficient (Wildman–Crippen LogP) is 3.10. The van der Waals surface area contributed by atoms with Crippen LogP contribution in [-0.2, 0) is 10.3 Å². The Labute approximate surface area is 148 Å². The lowest BCUT2D eigenvalue weighted by molar-refractivity contribution is -0.146. The van der Waals surface area contributed by atoms with Gasteiger partial charge in [0.25, 0.3) is 0 Å². The van der Waals surface area contributed by atoms with E-state index in [-0.39, 0.29) is 6.54 Å². The molecule has 0 radical (unpaired) electrons. The molecule has 2 aromatic rings. The van der Waals surface area contributed by atoms with E-state index in [1.807, 2.05) is 37.3 Å². The summed E-state index contributed by atoms with van der Waals surface area (Å²) < 4.78 is 5.15. The average Bonchev–Trinajstić information content (AvgIpc) is 2.65. The third-order valence-electron chi connectivity index (χ3n) is 4.35. The van der Waals surface area contributed by atoms with Crippen LogP contribution >= 0.6 is 0 Å². The molecule has 0 unspecified atom stereocenters. The number of hydrogen-bond acceptors (Lipinski definition) is 4. The number of hydrogen-bond donors (Lipinski definition) is 3. The topological polar surface area (TPSA) is 78.8 Å². The van der Waals surface area contributed by atoms with Crippen molar-refractivity contribution in [3.63, 3.8) is 0 Å². The second-order valence-electron chi connectivity index (χ2n) is 6.00. The van der Waals surface area contributed by atoms with E-state index in [4.69, 9.17) is 4.74 Å². The van der Waals surface area contributed by atoms with E-state index in [2.05, 4.69) is 5.32 Å². The highest BCUT2D eigenvalue weighted by molar-refractivity contribution is 5.81. The number of aliphatic hydroxyl groups is 1. The van der Waals surface area contributed by atoms with Gasteiger partial charge in [0.2, 0.25) is 0 Å². The quantitative estimate of drug-likeness (QED) is 0.652. The molecule has 0 saturated heterocycles. The maximum absolute atomic E-state index is 12.1. The zero-order valence-electron chi connectivity index (χ0n) is 14.6. The molecular formula is C20H25NO4. The van der Waals surface area contributed by atoms with Crippen LogP contribution in [0.2, 0.25) is 0 Å². The molecule has 0 amide bonds. The number of methoxy groups -OCH3 is 1. The molecule has 0 saturated carbocycles. The molecule has 0 heterocycles. The molecule has 5 nitrogen and oxygen atoms in total. The van der Waals surface area contributed by atoms with E-state index in [1.54, 1.807) is 31.4 Å². The monoisotopic (exact) mass is 343 g/mol. The van der Waals surface area contributed by atoms with Gasteiger partial charge in [0.1, 0.15) is 11.3 Å². The normalized spacial score (nSPS) is 14.5. The zero-order valence-corrected chi connectivity index (χ0v) is 14.6. The third-order valence-corrected chi connectivity index (χ3v) is 4.35. The lowest BCUT2D eigenvalue weighted by Crippen LogP contribution is -2.50. The molecule has 25 heavy (non-hydrogen) atoms. The van der Waals surface area contributed by atoms with Crippen LogP contribution in [-0.4, -0.2) is 29.8 Å². The fourth-order valence-corrected chi connectivity index (χ4v) is 2.96. The Morgan fingerprint density at radius 2 is 1.80 bits per heavy atom. The summed E-state index contributed by atoms with van der Waals surface area (Å²) in [4.78, 5) is 12.1. The molecule has 0 fully saturated rings. The van der Waals surface area contributed by atoms with Crippen molar-refractivity contribution in [1.82, 2.24) is 5.32 Å². The molecule has 2 rings (SSSR count). The van der Waals surface area contributed by atoms with Crippen LogP contribution in [0.3, 0.4) is 0 Å². The number of ether oxygens (including phenoxy) is 1. The Morgan fingerprint density at radius 1 is 1.16 bits per heavy atom. The van der Waals surface area contributed by atoms with Gasteiger partial charge in [-0.1, -0.05) is 55.8 Å². The highest BCUT2D eigenvalue weighted by Gasteiger charge is 2.39. The van der Waals surface area contributed by atoms with Gasteiger partial charge >= 0.3 is 5.97 Å². The molecule has 0 aliphatic rings. The number of aliphatic carboxylic acids is 1. The fourth-order valence-electron chi connectivity index (χ4n) is 2.96. The summed E-state index contributed by atoms with van der Waals surface area (Å²) in [7, 11) is 1.57. The molecule has 0 aromatic heterocycles. The van der Waals surface area contributed by atoms with E-state index in [0.29, 0.717) is 24.2 Å². The largest absolute Gasteiger partial charge is 0.497 e. The van der Waals surface area contributed by atoms with Gasteiger partial charge in [-0.15, -0.1) is 0 Å². The van der Waals surface area contributed by atoms with Gasteiger partial charge in [-0.3, -0.25) is 5.32 Å². The molecule has 2 atom stereocenters. The van der Waals surface area contributed by atoms with Crippen molar-refractivity contribution in [1.29, 1.82) is 0 Å². The Bertz CT molecular complexity index is 672. The van der Waals surface area contributed by atoms with Gasteiger partial charge in [0.05, 0.1) is 13.2 Å². The van der Waals surface area contributed by atoms with Crippen molar-refractivity contribution in [3.8, 4) is 5.75 Å². The number of nitrogens with one attached hydrogen (secondary N) is 1. The summed E-state index contributed by atoms with van der Waals surface area (Å²) in [6, 6.07) is 16.2. The minimum absolute atomic E-state index is 0.141. The van der Waals surface area contributed by atoms with Gasteiger partial charge in [0.15, 0.2) is 0 Å². The second kappa shape index (κ2) is 8.65. The highest BCUT2D eigenvalue weighted by atomic mass is 16.5. The summed E-state index contributed by atoms with van der Waals surface area (Å²) in [5.74, 6) is -0.288. The minimum atomic E-state index is -1.25. The summed E-state index contributed by atoms with van der Waals surface area (Å²) in [5.41, 5.74) is 0.139. The van der Waals surface area contributed by atoms with Gasteiger partial charge in [-0.2, -0.15) is 0 Å². The first-order chi connectivity index (χ1) is 12.0. The maximum atomic E-state index is 12.1. The fraction of sp³-hybridized carbons (Fsp3) is 0.350. The van der Waals surface area contributed by atoms with Crippen molar-refractivity contribution in [3.05, 3.63) is 65.7 Å². The Hall–Kier alpha value is -2.37. The standard InChI is InChI=1S/C20H25NO4/c1-3-13-20(19(23)24,16-9-11-17(25-2)12-10-16)21-14-18(22)15-7-5-4-6-8-15/h4-12,18,21-22H,3,13-14H2,1-2H3,(H,23,24)/t18-,20-/m0/s1. The van der Waals surface area contributed by atoms with Crippen LogP contribution in [0.15, 0.2) is 54.6 Å². The number of aliphatic hydroxyl groups excluding tert-OH is 1. The smallest absolute Gasteiger partial charge is 0.328 e. The zero-order chi connectivity index (χ0) is 18.3. The van der Waals surface area contributed by atoms with Crippen LogP contribution in [0.1, 0.15) is 37.0 Å². The Kier molecular flexibility index (Phi) is 6.56. The third kappa shape index (κ3) is 4.38. The van der Waals surface area contributed by atoms with Crippen LogP contribution in [0.25, 0.3) is 0 Å². The first-order valence-electron chi connectivity index (χ1n) is 8.39. The predicted molar refractivity (Wildman–Crippen MR) is 96.6 cm³/mol. The number of carbonyl (C=O) groups is 1. The van der Waals surface area contributed by atoms with Crippen molar-refractivity contribution < 1.29 is 19.7 Å². The van der Waals surface area contributed by atoms with E-state index < -0.39 is 17.6 Å². The Balaban J connectivity index is 2.26. The van der Waals surface area contributed by atoms with Gasteiger partial charge in [0, 0.05) is 6.54 Å². The summed E-state index contributed by atoms with van der Waals surface area (Å²) in [6.45, 7) is 2.08. The molecule has 0 spiro atoms. The minimum Gasteiger partial charge on any atom is -0.497 e. The van der Waals surface area contributed by atoms with Crippen LogP contribution in [0.5, 0.6) is 5.75 Å². The summed E-state index contributed by atoms with van der Waals surface area (Å²) in [5, 5.41) is 23.4. The van der Waals surface area contributed by atoms with Gasteiger partial charge < -0.3 is 14.9 Å². The number of benzene rings is 2. The first kappa shape index (κ1) is 19.0. The highest BCUT2D eigenvalue weighted by Crippen LogP contribution is 2.29. The first-order valence-corrected chi connectivity index (χ1v) is 8.39. The number of rotatable bonds is 9. The van der Waals surface area contributed by atoms with E-state index in [9.17, 15) is 15.0 Å². The van der Waals surface area contributed by atoms with Crippen molar-refractivity contribution >= 4 is 5.97 Å². The lowest BCUT2D eigenvalue weighted by atomic mass is 9.85. The van der Waals surface area contributed by atoms with E-state index >= 15 is 0 Å². The average molecular weight is 343 g/mol. The molecule has 5 heteroatoms. The SMILES string of the molecule is CCC[C@@](NC[C@H](O)c1ccccc1)(C(=O)O)c1ccc(OC)cc1. The molecule has 0 aliphatic carbocycles. The summed E-state index contributed by atoms with van der Waals surface area (Å²) >= 11 is 0. The van der Waals surface area contributed by atoms with Crippen molar-refractivity contribution in [2.45, 2.75) is 31.4 Å². The van der Waals surface area contributed by atoms with Gasteiger partial charge in [-0.05, 0) is 29.7 Å². The second-order valence-corrected chi connectivity index (χ2v) is 6.00. The molecule has 2 aromatic carbocycles. The molecule has 0 bridgehead atoms. The van der Waals surface area contributed by atoms with Crippen molar-refractivity contribution in [2.24, 2.45) is 0 Å². The van der Waals surface area contributed by atoms with E-state index in [0.717, 1.165) is 5.56 Å². The molecule has 0 aliphatic heterocycles. The van der Waals surface area contributed by atoms with Crippen LogP contribution in [0.4, 0.5) is 0 Å². The lowest BCUT2D eigenvalue weighted by Gasteiger charge is -2.32. The maximum Gasteiger partial charge on any atom is 0.328 e. The van der Waals surface area contributed by atoms with Crippen LogP contribution in [0, 0.1) is 0 Å². The van der Waals surface area contributed by atoms with E-state index in [1.165, 1.54) is 0 Å². The molecule has 134 valence electrons. The summed E-state index contributed by atoms with van der Waals surface area (Å²) in [6.07, 6.45) is 0.318. The van der Waals surface area contributed by atoms with Gasteiger partial charge in [-0.25, -0.2) is 4.79 Å². The number of carboxylic acids is 1. The molecule has 3 N–H and O–H groups in total. The van der Waals surface area contributed by atoms with Crippen LogP contribution < -0.4 is 10.1 Å². The Morgan fingerprint density at radius 3 is 2.32 bits per heavy atom.